The number of rotatable bonds is 4. The topological polar surface area (TPSA) is 84.8 Å². The summed E-state index contributed by atoms with van der Waals surface area (Å²) in [6.45, 7) is 0. The highest BCUT2D eigenvalue weighted by Gasteiger charge is 2.25. The lowest BCUT2D eigenvalue weighted by Crippen LogP contribution is -2.04. The Morgan fingerprint density at radius 3 is 1.88 bits per heavy atom. The monoisotopic (exact) mass is 436 g/mol. The van der Waals surface area contributed by atoms with E-state index in [1.807, 2.05) is 40.9 Å². The third kappa shape index (κ3) is 4.65. The molecule has 5 aromatic rings. The molecule has 3 aromatic carbocycles. The van der Waals surface area contributed by atoms with Gasteiger partial charge in [-0.3, -0.25) is 10.1 Å². The zero-order chi connectivity index (χ0) is 23.2. The summed E-state index contributed by atoms with van der Waals surface area (Å²) in [4.78, 5) is 21.9. The zero-order valence-corrected chi connectivity index (χ0v) is 17.5. The van der Waals surface area contributed by atoms with Crippen molar-refractivity contribution in [3.63, 3.8) is 0 Å². The van der Waals surface area contributed by atoms with Gasteiger partial charge in [0.25, 0.3) is 5.69 Å². The minimum atomic E-state index is -1.31. The van der Waals surface area contributed by atoms with Crippen molar-refractivity contribution in [2.45, 2.75) is 0 Å². The molecule has 0 radical (unpaired) electrons. The molecule has 0 fully saturated rings. The van der Waals surface area contributed by atoms with E-state index in [0.717, 1.165) is 5.52 Å². The largest absolute Gasteiger partial charge is 0.477 e. The molecule has 6 heteroatoms. The zero-order valence-electron chi connectivity index (χ0n) is 17.5. The van der Waals surface area contributed by atoms with Gasteiger partial charge in [-0.1, -0.05) is 72.8 Å². The van der Waals surface area contributed by atoms with Crippen LogP contribution in [0.5, 0.6) is 0 Å². The first-order valence-electron chi connectivity index (χ1n) is 10.2. The van der Waals surface area contributed by atoms with Crippen LogP contribution in [0.15, 0.2) is 116 Å². The molecule has 0 unspecified atom stereocenters. The van der Waals surface area contributed by atoms with Crippen LogP contribution >= 0.6 is 0 Å². The van der Waals surface area contributed by atoms with Crippen molar-refractivity contribution in [3.05, 3.63) is 131 Å². The number of hydrogen-bond donors (Lipinski definition) is 1. The average Bonchev–Trinajstić information content (AvgIpc) is 3.29. The second-order valence-corrected chi connectivity index (χ2v) is 7.22. The SMILES string of the molecule is O=C(O)c1cccc(-c2ccn3ccccc23)c1[N+](=O)[O-].c1ccc(-c2ccccc2)cc1. The molecule has 33 heavy (non-hydrogen) atoms. The first-order valence-corrected chi connectivity index (χ1v) is 10.2. The summed E-state index contributed by atoms with van der Waals surface area (Å²) in [5.74, 6) is -1.31. The molecular formula is C27H20N2O4. The van der Waals surface area contributed by atoms with Gasteiger partial charge in [0.15, 0.2) is 0 Å². The molecule has 0 aliphatic rings. The summed E-state index contributed by atoms with van der Waals surface area (Å²) in [6.07, 6.45) is 3.60. The molecule has 0 aliphatic carbocycles. The molecule has 0 bridgehead atoms. The molecule has 0 saturated carbocycles. The van der Waals surface area contributed by atoms with E-state index < -0.39 is 10.9 Å². The second-order valence-electron chi connectivity index (χ2n) is 7.22. The quantitative estimate of drug-likeness (QED) is 0.255. The summed E-state index contributed by atoms with van der Waals surface area (Å²) in [5.41, 5.74) is 3.56. The molecular weight excluding hydrogens is 416 g/mol. The Bertz CT molecular complexity index is 1370. The Morgan fingerprint density at radius 2 is 1.30 bits per heavy atom. The predicted octanol–water partition coefficient (Wildman–Crippen LogP) is 6.57. The fourth-order valence-corrected chi connectivity index (χ4v) is 3.67. The van der Waals surface area contributed by atoms with E-state index in [1.165, 1.54) is 23.3 Å². The molecule has 162 valence electrons. The smallest absolute Gasteiger partial charge is 0.342 e. The minimum Gasteiger partial charge on any atom is -0.477 e. The maximum Gasteiger partial charge on any atom is 0.342 e. The number of carbonyl (C=O) groups is 1. The van der Waals surface area contributed by atoms with Crippen LogP contribution in [-0.4, -0.2) is 20.4 Å². The van der Waals surface area contributed by atoms with Gasteiger partial charge in [-0.2, -0.15) is 0 Å². The Morgan fingerprint density at radius 1 is 0.697 bits per heavy atom. The van der Waals surface area contributed by atoms with Crippen molar-refractivity contribution in [3.8, 4) is 22.3 Å². The molecule has 0 saturated heterocycles. The predicted molar refractivity (Wildman–Crippen MR) is 128 cm³/mol. The van der Waals surface area contributed by atoms with Gasteiger partial charge in [0.05, 0.1) is 16.0 Å². The van der Waals surface area contributed by atoms with Crippen LogP contribution in [0.3, 0.4) is 0 Å². The van der Waals surface area contributed by atoms with E-state index >= 15 is 0 Å². The van der Waals surface area contributed by atoms with E-state index in [2.05, 4.69) is 48.5 Å². The number of carboxylic acids is 1. The summed E-state index contributed by atoms with van der Waals surface area (Å²) in [5, 5.41) is 20.5. The van der Waals surface area contributed by atoms with Crippen molar-refractivity contribution in [1.29, 1.82) is 0 Å². The summed E-state index contributed by atoms with van der Waals surface area (Å²) < 4.78 is 1.83. The minimum absolute atomic E-state index is 0.300. The normalized spacial score (nSPS) is 10.3. The fourth-order valence-electron chi connectivity index (χ4n) is 3.67. The van der Waals surface area contributed by atoms with E-state index in [1.54, 1.807) is 18.3 Å². The summed E-state index contributed by atoms with van der Waals surface area (Å²) in [6, 6.07) is 32.3. The first-order chi connectivity index (χ1) is 16.1. The van der Waals surface area contributed by atoms with Gasteiger partial charge in [0, 0.05) is 18.0 Å². The summed E-state index contributed by atoms with van der Waals surface area (Å²) >= 11 is 0. The summed E-state index contributed by atoms with van der Waals surface area (Å²) in [7, 11) is 0. The lowest BCUT2D eigenvalue weighted by atomic mass is 10.0. The number of carboxylic acid groups (broad SMARTS) is 1. The van der Waals surface area contributed by atoms with Crippen LogP contribution in [0.2, 0.25) is 0 Å². The number of nitro groups is 1. The van der Waals surface area contributed by atoms with Gasteiger partial charge in [-0.25, -0.2) is 4.79 Å². The highest BCUT2D eigenvalue weighted by Crippen LogP contribution is 2.35. The number of pyridine rings is 1. The Balaban J connectivity index is 0.000000183. The highest BCUT2D eigenvalue weighted by atomic mass is 16.6. The van der Waals surface area contributed by atoms with E-state index in [0.29, 0.717) is 11.1 Å². The number of aromatic nitrogens is 1. The molecule has 1 N–H and O–H groups in total. The number of nitro benzene ring substituents is 1. The standard InChI is InChI=1S/C15H10N2O4.C12H10/c18-15(19)12-5-3-4-11(14(12)17(20)21)10-7-9-16-8-2-1-6-13(10)16;1-3-7-11(8-4-1)12-9-5-2-6-10-12/h1-9H,(H,18,19);1-10H. The van der Waals surface area contributed by atoms with Gasteiger partial charge in [0.2, 0.25) is 0 Å². The number of aromatic carboxylic acids is 1. The van der Waals surface area contributed by atoms with Crippen LogP contribution in [0.1, 0.15) is 10.4 Å². The van der Waals surface area contributed by atoms with Gasteiger partial charge in [-0.15, -0.1) is 0 Å². The van der Waals surface area contributed by atoms with Crippen molar-refractivity contribution in [2.75, 3.05) is 0 Å². The third-order valence-electron chi connectivity index (χ3n) is 5.19. The van der Waals surface area contributed by atoms with Crippen LogP contribution in [-0.2, 0) is 0 Å². The number of fused-ring (bicyclic) bond motifs is 1. The van der Waals surface area contributed by atoms with Crippen molar-refractivity contribution >= 4 is 17.2 Å². The number of para-hydroxylation sites is 1. The van der Waals surface area contributed by atoms with Crippen LogP contribution in [0.4, 0.5) is 5.69 Å². The maximum atomic E-state index is 11.3. The van der Waals surface area contributed by atoms with E-state index in [4.69, 9.17) is 5.11 Å². The van der Waals surface area contributed by atoms with E-state index in [9.17, 15) is 14.9 Å². The van der Waals surface area contributed by atoms with Crippen LogP contribution < -0.4 is 0 Å². The number of nitrogens with zero attached hydrogens (tertiary/aromatic N) is 2. The van der Waals surface area contributed by atoms with Crippen molar-refractivity contribution < 1.29 is 14.8 Å². The number of hydrogen-bond acceptors (Lipinski definition) is 3. The van der Waals surface area contributed by atoms with Gasteiger partial charge in [0.1, 0.15) is 5.56 Å². The van der Waals surface area contributed by atoms with E-state index in [-0.39, 0.29) is 11.3 Å². The third-order valence-corrected chi connectivity index (χ3v) is 5.19. The maximum absolute atomic E-state index is 11.3. The van der Waals surface area contributed by atoms with Crippen molar-refractivity contribution in [2.24, 2.45) is 0 Å². The Labute approximate surface area is 190 Å². The second kappa shape index (κ2) is 9.62. The molecule has 0 atom stereocenters. The van der Waals surface area contributed by atoms with Crippen LogP contribution in [0, 0.1) is 10.1 Å². The lowest BCUT2D eigenvalue weighted by molar-refractivity contribution is -0.384. The Kier molecular flexibility index (Phi) is 6.27. The van der Waals surface area contributed by atoms with Crippen LogP contribution in [0.25, 0.3) is 27.8 Å². The molecule has 6 nitrogen and oxygen atoms in total. The van der Waals surface area contributed by atoms with Gasteiger partial charge >= 0.3 is 5.97 Å². The van der Waals surface area contributed by atoms with Gasteiger partial charge < -0.3 is 9.51 Å². The number of benzene rings is 3. The van der Waals surface area contributed by atoms with Gasteiger partial charge in [-0.05, 0) is 41.5 Å². The first kappa shape index (κ1) is 21.5. The molecule has 0 aliphatic heterocycles. The average molecular weight is 436 g/mol. The Hall–Kier alpha value is -4.71. The molecule has 5 rings (SSSR count). The fraction of sp³-hybridized carbons (Fsp3) is 0. The molecule has 2 aromatic heterocycles. The highest BCUT2D eigenvalue weighted by molar-refractivity contribution is 5.98. The van der Waals surface area contributed by atoms with Crippen molar-refractivity contribution in [1.82, 2.24) is 4.40 Å². The molecule has 0 amide bonds. The lowest BCUT2D eigenvalue weighted by Gasteiger charge is -2.05. The molecule has 2 heterocycles. The molecule has 0 spiro atoms.